The maximum absolute atomic E-state index is 10.9. The molecule has 1 rings (SSSR count). The van der Waals surface area contributed by atoms with Crippen molar-refractivity contribution in [1.82, 2.24) is 0 Å². The fraction of sp³-hybridized carbons (Fsp3) is 0.588. The maximum atomic E-state index is 10.9. The molecule has 4 nitrogen and oxygen atoms in total. The van der Waals surface area contributed by atoms with E-state index in [1.54, 1.807) is 0 Å². The van der Waals surface area contributed by atoms with Crippen LogP contribution >= 0.6 is 0 Å². The smallest absolute Gasteiger partial charge is 0.221 e. The van der Waals surface area contributed by atoms with Crippen LogP contribution in [0.25, 0.3) is 0 Å². The Balaban J connectivity index is 2.08. The van der Waals surface area contributed by atoms with Crippen molar-refractivity contribution in [3.8, 4) is 5.75 Å². The highest BCUT2D eigenvalue weighted by molar-refractivity contribution is 5.76. The van der Waals surface area contributed by atoms with E-state index in [0.717, 1.165) is 30.6 Å². The molecule has 1 aromatic carbocycles. The number of hydrogen-bond donors (Lipinski definition) is 2. The minimum absolute atomic E-state index is 0.255. The van der Waals surface area contributed by atoms with Gasteiger partial charge in [0.05, 0.1) is 13.0 Å². The number of ether oxygens (including phenoxy) is 1. The Kier molecular flexibility index (Phi) is 9.29. The first-order valence-electron chi connectivity index (χ1n) is 7.83. The summed E-state index contributed by atoms with van der Waals surface area (Å²) in [5.74, 6) is 0.477. The van der Waals surface area contributed by atoms with Crippen LogP contribution in [0, 0.1) is 0 Å². The fourth-order valence-electron chi connectivity index (χ4n) is 2.23. The highest BCUT2D eigenvalue weighted by atomic mass is 16.5. The molecule has 0 aliphatic rings. The molecule has 0 radical (unpaired) electrons. The quantitative estimate of drug-likeness (QED) is 0.582. The van der Waals surface area contributed by atoms with E-state index in [9.17, 15) is 4.79 Å². The lowest BCUT2D eigenvalue weighted by Crippen LogP contribution is -2.13. The largest absolute Gasteiger partial charge is 0.494 e. The lowest BCUT2D eigenvalue weighted by atomic mass is 10.1. The van der Waals surface area contributed by atoms with Crippen molar-refractivity contribution in [2.45, 2.75) is 51.4 Å². The molecule has 3 N–H and O–H groups in total. The van der Waals surface area contributed by atoms with Crippen LogP contribution in [-0.4, -0.2) is 24.2 Å². The Morgan fingerprint density at radius 2 is 1.71 bits per heavy atom. The molecular formula is C17H27NO3. The molecule has 0 aliphatic heterocycles. The van der Waals surface area contributed by atoms with Gasteiger partial charge in [0.1, 0.15) is 5.75 Å². The van der Waals surface area contributed by atoms with Gasteiger partial charge in [-0.2, -0.15) is 0 Å². The van der Waals surface area contributed by atoms with Crippen LogP contribution < -0.4 is 10.5 Å². The van der Waals surface area contributed by atoms with Gasteiger partial charge in [0, 0.05) is 6.61 Å². The predicted molar refractivity (Wildman–Crippen MR) is 84.2 cm³/mol. The number of carbonyl (C=O) groups is 1. The van der Waals surface area contributed by atoms with Gasteiger partial charge in [-0.1, -0.05) is 44.2 Å². The van der Waals surface area contributed by atoms with Gasteiger partial charge in [-0.15, -0.1) is 0 Å². The minimum atomic E-state index is -0.326. The maximum Gasteiger partial charge on any atom is 0.221 e. The molecule has 1 amide bonds. The van der Waals surface area contributed by atoms with Crippen LogP contribution in [0.15, 0.2) is 24.3 Å². The molecule has 0 saturated heterocycles. The molecule has 1 aromatic rings. The van der Waals surface area contributed by atoms with Gasteiger partial charge in [0.25, 0.3) is 0 Å². The van der Waals surface area contributed by atoms with E-state index in [2.05, 4.69) is 0 Å². The number of primary amides is 1. The predicted octanol–water partition coefficient (Wildman–Crippen LogP) is 2.82. The van der Waals surface area contributed by atoms with E-state index < -0.39 is 0 Å². The molecule has 118 valence electrons. The first-order chi connectivity index (χ1) is 10.2. The zero-order chi connectivity index (χ0) is 15.3. The standard InChI is InChI=1S/C17H27NO3/c18-17(20)14-15-9-8-10-16(13-15)21-12-7-5-3-1-2-4-6-11-19/h8-10,13,19H,1-7,11-12,14H2,(H2,18,20). The zero-order valence-electron chi connectivity index (χ0n) is 12.7. The Bertz CT molecular complexity index is 407. The summed E-state index contributed by atoms with van der Waals surface area (Å²) in [7, 11) is 0. The summed E-state index contributed by atoms with van der Waals surface area (Å²) in [5, 5.41) is 8.67. The molecular weight excluding hydrogens is 266 g/mol. The first kappa shape index (κ1) is 17.5. The van der Waals surface area contributed by atoms with Crippen molar-refractivity contribution in [3.63, 3.8) is 0 Å². The van der Waals surface area contributed by atoms with Crippen LogP contribution in [0.2, 0.25) is 0 Å². The number of carbonyl (C=O) groups excluding carboxylic acids is 1. The van der Waals surface area contributed by atoms with Crippen molar-refractivity contribution in [2.75, 3.05) is 13.2 Å². The Hall–Kier alpha value is -1.55. The molecule has 0 fully saturated rings. The van der Waals surface area contributed by atoms with E-state index in [1.807, 2.05) is 24.3 Å². The summed E-state index contributed by atoms with van der Waals surface area (Å²) in [6.45, 7) is 1.01. The summed E-state index contributed by atoms with van der Waals surface area (Å²) < 4.78 is 5.69. The van der Waals surface area contributed by atoms with E-state index in [-0.39, 0.29) is 12.3 Å². The van der Waals surface area contributed by atoms with Gasteiger partial charge in [-0.05, 0) is 30.5 Å². The van der Waals surface area contributed by atoms with Crippen LogP contribution in [0.4, 0.5) is 0 Å². The van der Waals surface area contributed by atoms with Gasteiger partial charge in [-0.25, -0.2) is 0 Å². The number of nitrogens with two attached hydrogens (primary N) is 1. The summed E-state index contributed by atoms with van der Waals surface area (Å²) >= 11 is 0. The van der Waals surface area contributed by atoms with Gasteiger partial charge >= 0.3 is 0 Å². The molecule has 21 heavy (non-hydrogen) atoms. The summed E-state index contributed by atoms with van der Waals surface area (Å²) in [4.78, 5) is 10.9. The Morgan fingerprint density at radius 3 is 2.38 bits per heavy atom. The molecule has 0 bridgehead atoms. The van der Waals surface area contributed by atoms with Gasteiger partial charge in [-0.3, -0.25) is 4.79 Å². The number of hydrogen-bond acceptors (Lipinski definition) is 3. The number of aliphatic hydroxyl groups is 1. The molecule has 0 heterocycles. The third kappa shape index (κ3) is 9.08. The number of benzene rings is 1. The second kappa shape index (κ2) is 11.1. The van der Waals surface area contributed by atoms with Crippen molar-refractivity contribution in [3.05, 3.63) is 29.8 Å². The summed E-state index contributed by atoms with van der Waals surface area (Å²) in [5.41, 5.74) is 6.07. The van der Waals surface area contributed by atoms with Gasteiger partial charge in [0.2, 0.25) is 5.91 Å². The SMILES string of the molecule is NC(=O)Cc1cccc(OCCCCCCCCCO)c1. The second-order valence-corrected chi connectivity index (χ2v) is 5.34. The normalized spacial score (nSPS) is 10.5. The molecule has 0 atom stereocenters. The van der Waals surface area contributed by atoms with Crippen LogP contribution in [0.1, 0.15) is 50.5 Å². The average molecular weight is 293 g/mol. The summed E-state index contributed by atoms with van der Waals surface area (Å²) in [6.07, 6.45) is 8.16. The number of aliphatic hydroxyl groups excluding tert-OH is 1. The molecule has 4 heteroatoms. The third-order valence-corrected chi connectivity index (χ3v) is 3.35. The third-order valence-electron chi connectivity index (χ3n) is 3.35. The number of rotatable bonds is 12. The molecule has 0 unspecified atom stereocenters. The van der Waals surface area contributed by atoms with Crippen LogP contribution in [-0.2, 0) is 11.2 Å². The molecule has 0 aliphatic carbocycles. The average Bonchev–Trinajstić information content (AvgIpc) is 2.45. The van der Waals surface area contributed by atoms with Crippen LogP contribution in [0.3, 0.4) is 0 Å². The van der Waals surface area contributed by atoms with Crippen molar-refractivity contribution in [1.29, 1.82) is 0 Å². The first-order valence-corrected chi connectivity index (χ1v) is 7.83. The van der Waals surface area contributed by atoms with E-state index in [4.69, 9.17) is 15.6 Å². The van der Waals surface area contributed by atoms with E-state index in [1.165, 1.54) is 25.7 Å². The number of amides is 1. The second-order valence-electron chi connectivity index (χ2n) is 5.34. The molecule has 0 aromatic heterocycles. The number of unbranched alkanes of at least 4 members (excludes halogenated alkanes) is 6. The zero-order valence-corrected chi connectivity index (χ0v) is 12.7. The molecule has 0 saturated carbocycles. The van der Waals surface area contributed by atoms with E-state index in [0.29, 0.717) is 13.2 Å². The monoisotopic (exact) mass is 293 g/mol. The lowest BCUT2D eigenvalue weighted by Gasteiger charge is -2.07. The molecule has 0 spiro atoms. The van der Waals surface area contributed by atoms with E-state index >= 15 is 0 Å². The summed E-state index contributed by atoms with van der Waals surface area (Å²) in [6, 6.07) is 7.54. The van der Waals surface area contributed by atoms with Crippen molar-refractivity contribution in [2.24, 2.45) is 5.73 Å². The van der Waals surface area contributed by atoms with Crippen molar-refractivity contribution >= 4 is 5.91 Å². The lowest BCUT2D eigenvalue weighted by molar-refractivity contribution is -0.117. The Morgan fingerprint density at radius 1 is 1.05 bits per heavy atom. The van der Waals surface area contributed by atoms with Gasteiger partial charge < -0.3 is 15.6 Å². The highest BCUT2D eigenvalue weighted by Gasteiger charge is 2.00. The van der Waals surface area contributed by atoms with Gasteiger partial charge in [0.15, 0.2) is 0 Å². The topological polar surface area (TPSA) is 72.6 Å². The highest BCUT2D eigenvalue weighted by Crippen LogP contribution is 2.14. The van der Waals surface area contributed by atoms with Crippen LogP contribution in [0.5, 0.6) is 5.75 Å². The Labute approximate surface area is 127 Å². The fourth-order valence-corrected chi connectivity index (χ4v) is 2.23. The minimum Gasteiger partial charge on any atom is -0.494 e. The van der Waals surface area contributed by atoms with Crippen molar-refractivity contribution < 1.29 is 14.6 Å².